The van der Waals surface area contributed by atoms with E-state index in [9.17, 15) is 0 Å². The molecule has 3 heteroatoms. The van der Waals surface area contributed by atoms with Crippen LogP contribution in [0.25, 0.3) is 0 Å². The predicted octanol–water partition coefficient (Wildman–Crippen LogP) is 2.31. The normalized spacial score (nSPS) is 9.67. The smallest absolute Gasteiger partial charge is 0.345 e. The minimum Gasteiger partial charge on any atom is -0.495 e. The highest BCUT2D eigenvalue weighted by Crippen LogP contribution is 2.21. The molecular weight excluding hydrogens is 188 g/mol. The van der Waals surface area contributed by atoms with Crippen LogP contribution >= 0.6 is 11.6 Å². The second kappa shape index (κ2) is 3.96. The fourth-order valence-electron chi connectivity index (χ4n) is 0.977. The topological polar surface area (TPSA) is 9.23 Å². The van der Waals surface area contributed by atoms with Gasteiger partial charge < -0.3 is 4.74 Å². The van der Waals surface area contributed by atoms with E-state index in [-0.39, 0.29) is 0 Å². The van der Waals surface area contributed by atoms with Crippen LogP contribution in [-0.2, 0) is 0 Å². The number of rotatable bonds is 2. The molecule has 0 aliphatic heterocycles. The van der Waals surface area contributed by atoms with Crippen molar-refractivity contribution in [3.05, 3.63) is 23.2 Å². The molecule has 0 N–H and O–H groups in total. The van der Waals surface area contributed by atoms with E-state index in [0.29, 0.717) is 5.02 Å². The number of hydrogen-bond acceptors (Lipinski definition) is 1. The monoisotopic (exact) mass is 199 g/mol. The Balaban J connectivity index is 3.02. The molecule has 0 spiro atoms. The van der Waals surface area contributed by atoms with Gasteiger partial charge in [-0.05, 0) is 18.2 Å². The fourth-order valence-corrected chi connectivity index (χ4v) is 2.18. The highest BCUT2D eigenvalue weighted by molar-refractivity contribution is 6.70. The van der Waals surface area contributed by atoms with Crippen molar-refractivity contribution in [3.63, 3.8) is 0 Å². The first-order chi connectivity index (χ1) is 5.65. The SMILES string of the molecule is COc1ccc([Si+](C)C)cc1Cl. The van der Waals surface area contributed by atoms with Gasteiger partial charge in [-0.3, -0.25) is 0 Å². The van der Waals surface area contributed by atoms with Crippen molar-refractivity contribution in [2.75, 3.05) is 7.11 Å². The van der Waals surface area contributed by atoms with Crippen molar-refractivity contribution in [1.82, 2.24) is 0 Å². The summed E-state index contributed by atoms with van der Waals surface area (Å²) in [6, 6.07) is 6.00. The van der Waals surface area contributed by atoms with Crippen molar-refractivity contribution >= 4 is 25.6 Å². The number of ether oxygens (including phenoxy) is 1. The van der Waals surface area contributed by atoms with E-state index in [1.54, 1.807) is 7.11 Å². The molecule has 1 aromatic carbocycles. The first-order valence-electron chi connectivity index (χ1n) is 3.79. The first-order valence-corrected chi connectivity index (χ1v) is 6.67. The molecule has 0 bridgehead atoms. The minimum absolute atomic E-state index is 0.399. The fraction of sp³-hybridized carbons (Fsp3) is 0.333. The lowest BCUT2D eigenvalue weighted by atomic mass is 10.3. The van der Waals surface area contributed by atoms with Crippen LogP contribution in [0.3, 0.4) is 0 Å². The van der Waals surface area contributed by atoms with Gasteiger partial charge in [0.05, 0.1) is 30.4 Å². The van der Waals surface area contributed by atoms with Crippen LogP contribution in [0.15, 0.2) is 18.2 Å². The van der Waals surface area contributed by atoms with E-state index in [1.807, 2.05) is 12.1 Å². The standard InChI is InChI=1S/C9H12ClOSi/c1-11-9-5-4-7(12(2)3)6-8(9)10/h4-6H,1-3H3/q+1. The van der Waals surface area contributed by atoms with Gasteiger partial charge in [0.2, 0.25) is 0 Å². The van der Waals surface area contributed by atoms with Crippen LogP contribution < -0.4 is 9.92 Å². The molecule has 0 fully saturated rings. The summed E-state index contributed by atoms with van der Waals surface area (Å²) < 4.78 is 5.06. The van der Waals surface area contributed by atoms with Gasteiger partial charge in [0.1, 0.15) is 5.75 Å². The van der Waals surface area contributed by atoms with Crippen molar-refractivity contribution in [2.45, 2.75) is 13.1 Å². The lowest BCUT2D eigenvalue weighted by Crippen LogP contribution is -2.21. The van der Waals surface area contributed by atoms with Gasteiger partial charge in [-0.2, -0.15) is 0 Å². The quantitative estimate of drug-likeness (QED) is 0.665. The Morgan fingerprint density at radius 2 is 2.00 bits per heavy atom. The van der Waals surface area contributed by atoms with Crippen molar-refractivity contribution < 1.29 is 4.74 Å². The van der Waals surface area contributed by atoms with E-state index in [2.05, 4.69) is 19.2 Å². The van der Waals surface area contributed by atoms with E-state index in [1.165, 1.54) is 5.19 Å². The summed E-state index contributed by atoms with van der Waals surface area (Å²) in [7, 11) is 1.23. The Morgan fingerprint density at radius 3 is 2.42 bits per heavy atom. The Kier molecular flexibility index (Phi) is 3.17. The summed E-state index contributed by atoms with van der Waals surface area (Å²) in [5, 5.41) is 2.05. The Bertz CT molecular complexity index is 273. The zero-order chi connectivity index (χ0) is 9.14. The van der Waals surface area contributed by atoms with Gasteiger partial charge in [-0.25, -0.2) is 0 Å². The average Bonchev–Trinajstić information content (AvgIpc) is 2.04. The van der Waals surface area contributed by atoms with Crippen LogP contribution in [0.4, 0.5) is 0 Å². The van der Waals surface area contributed by atoms with Crippen molar-refractivity contribution in [1.29, 1.82) is 0 Å². The third-order valence-corrected chi connectivity index (χ3v) is 3.49. The summed E-state index contributed by atoms with van der Waals surface area (Å²) in [6.07, 6.45) is 0. The van der Waals surface area contributed by atoms with E-state index in [4.69, 9.17) is 16.3 Å². The molecule has 0 atom stereocenters. The number of methoxy groups -OCH3 is 1. The van der Waals surface area contributed by atoms with Gasteiger partial charge in [-0.1, -0.05) is 11.6 Å². The average molecular weight is 200 g/mol. The lowest BCUT2D eigenvalue weighted by Gasteiger charge is -2.01. The molecule has 12 heavy (non-hydrogen) atoms. The molecule has 0 radical (unpaired) electrons. The maximum atomic E-state index is 5.96. The Hall–Kier alpha value is -0.473. The Labute approximate surface area is 79.9 Å². The molecule has 64 valence electrons. The van der Waals surface area contributed by atoms with Crippen LogP contribution in [0.2, 0.25) is 18.1 Å². The third-order valence-electron chi connectivity index (χ3n) is 1.73. The number of benzene rings is 1. The van der Waals surface area contributed by atoms with Crippen LogP contribution in [0.1, 0.15) is 0 Å². The molecule has 1 nitrogen and oxygen atoms in total. The van der Waals surface area contributed by atoms with E-state index >= 15 is 0 Å². The summed E-state index contributed by atoms with van der Waals surface area (Å²) in [4.78, 5) is 0. The van der Waals surface area contributed by atoms with Crippen LogP contribution in [-0.4, -0.2) is 15.9 Å². The minimum atomic E-state index is -0.399. The number of hydrogen-bond donors (Lipinski definition) is 0. The highest BCUT2D eigenvalue weighted by Gasteiger charge is 2.16. The maximum absolute atomic E-state index is 5.96. The molecule has 1 aromatic rings. The predicted molar refractivity (Wildman–Crippen MR) is 55.1 cm³/mol. The summed E-state index contributed by atoms with van der Waals surface area (Å²) in [5.74, 6) is 0.753. The second-order valence-corrected chi connectivity index (χ2v) is 5.83. The van der Waals surface area contributed by atoms with Crippen LogP contribution in [0, 0.1) is 0 Å². The first kappa shape index (κ1) is 9.61. The molecule has 0 heterocycles. The summed E-state index contributed by atoms with van der Waals surface area (Å²) >= 11 is 5.96. The lowest BCUT2D eigenvalue weighted by molar-refractivity contribution is 0.415. The zero-order valence-corrected chi connectivity index (χ0v) is 9.27. The zero-order valence-electron chi connectivity index (χ0n) is 7.52. The molecule has 0 amide bonds. The second-order valence-electron chi connectivity index (χ2n) is 2.85. The molecule has 0 unspecified atom stereocenters. The van der Waals surface area contributed by atoms with Gasteiger partial charge in [0, 0.05) is 0 Å². The van der Waals surface area contributed by atoms with Gasteiger partial charge in [-0.15, -0.1) is 0 Å². The molecule has 0 aromatic heterocycles. The summed E-state index contributed by atoms with van der Waals surface area (Å²) in [5.41, 5.74) is 0. The third kappa shape index (κ3) is 2.02. The van der Waals surface area contributed by atoms with Gasteiger partial charge in [0.25, 0.3) is 0 Å². The van der Waals surface area contributed by atoms with Gasteiger partial charge >= 0.3 is 8.80 Å². The Morgan fingerprint density at radius 1 is 1.33 bits per heavy atom. The van der Waals surface area contributed by atoms with E-state index < -0.39 is 8.80 Å². The van der Waals surface area contributed by atoms with Crippen LogP contribution in [0.5, 0.6) is 5.75 Å². The highest BCUT2D eigenvalue weighted by atomic mass is 35.5. The van der Waals surface area contributed by atoms with Crippen molar-refractivity contribution in [3.8, 4) is 5.75 Å². The maximum Gasteiger partial charge on any atom is 0.345 e. The van der Waals surface area contributed by atoms with Crippen molar-refractivity contribution in [2.24, 2.45) is 0 Å². The molecule has 0 aliphatic rings. The molecule has 0 saturated carbocycles. The van der Waals surface area contributed by atoms with E-state index in [0.717, 1.165) is 5.75 Å². The molecule has 1 rings (SSSR count). The molecular formula is C9H12ClOSi+. The number of halogens is 1. The summed E-state index contributed by atoms with van der Waals surface area (Å²) in [6.45, 7) is 4.48. The van der Waals surface area contributed by atoms with Gasteiger partial charge in [0.15, 0.2) is 0 Å². The molecule has 0 saturated heterocycles. The molecule has 0 aliphatic carbocycles. The largest absolute Gasteiger partial charge is 0.495 e.